The highest BCUT2D eigenvalue weighted by atomic mass is 16.5. The molecule has 0 spiro atoms. The van der Waals surface area contributed by atoms with Gasteiger partial charge in [0, 0.05) is 16.5 Å². The SMILES string of the molecule is COc1ccc(Oc2ccc3c(C)nc(C(N)=O)c(O)c3c2)cc1. The third-order valence-corrected chi connectivity index (χ3v) is 3.67. The van der Waals surface area contributed by atoms with E-state index in [1.54, 1.807) is 56.5 Å². The van der Waals surface area contributed by atoms with E-state index in [1.807, 2.05) is 0 Å². The molecule has 0 aliphatic heterocycles. The molecule has 3 N–H and O–H groups in total. The molecule has 0 unspecified atom stereocenters. The van der Waals surface area contributed by atoms with Crippen LogP contribution >= 0.6 is 0 Å². The van der Waals surface area contributed by atoms with Gasteiger partial charge in [0.15, 0.2) is 11.4 Å². The number of aromatic nitrogens is 1. The van der Waals surface area contributed by atoms with E-state index < -0.39 is 5.91 Å². The van der Waals surface area contributed by atoms with Crippen LogP contribution in [0.1, 0.15) is 16.2 Å². The second-order valence-electron chi connectivity index (χ2n) is 5.24. The minimum Gasteiger partial charge on any atom is -0.505 e. The molecular weight excluding hydrogens is 308 g/mol. The predicted molar refractivity (Wildman–Crippen MR) is 89.7 cm³/mol. The first-order valence-corrected chi connectivity index (χ1v) is 7.24. The molecule has 24 heavy (non-hydrogen) atoms. The average Bonchev–Trinajstić information content (AvgIpc) is 2.58. The molecule has 0 aliphatic rings. The van der Waals surface area contributed by atoms with E-state index >= 15 is 0 Å². The summed E-state index contributed by atoms with van der Waals surface area (Å²) in [6, 6.07) is 12.3. The van der Waals surface area contributed by atoms with E-state index in [-0.39, 0.29) is 11.4 Å². The molecule has 0 atom stereocenters. The zero-order valence-electron chi connectivity index (χ0n) is 13.2. The molecule has 0 saturated heterocycles. The standard InChI is InChI=1S/C18H16N2O4/c1-10-14-8-7-13(24-12-5-3-11(23-2)4-6-12)9-15(14)17(21)16(20-10)18(19)22/h3-9,21H,1-2H3,(H2,19,22). The maximum Gasteiger partial charge on any atom is 0.271 e. The van der Waals surface area contributed by atoms with Crippen LogP contribution < -0.4 is 15.2 Å². The highest BCUT2D eigenvalue weighted by Gasteiger charge is 2.16. The van der Waals surface area contributed by atoms with E-state index in [4.69, 9.17) is 15.2 Å². The second kappa shape index (κ2) is 6.08. The maximum absolute atomic E-state index is 11.4. The number of fused-ring (bicyclic) bond motifs is 1. The Morgan fingerprint density at radius 3 is 2.29 bits per heavy atom. The van der Waals surface area contributed by atoms with E-state index in [1.165, 1.54) is 0 Å². The van der Waals surface area contributed by atoms with Crippen LogP contribution in [0.25, 0.3) is 10.8 Å². The lowest BCUT2D eigenvalue weighted by atomic mass is 10.1. The van der Waals surface area contributed by atoms with Crippen molar-refractivity contribution in [1.82, 2.24) is 4.98 Å². The Kier molecular flexibility index (Phi) is 3.95. The van der Waals surface area contributed by atoms with Gasteiger partial charge in [-0.2, -0.15) is 0 Å². The van der Waals surface area contributed by atoms with Crippen LogP contribution in [0.2, 0.25) is 0 Å². The van der Waals surface area contributed by atoms with E-state index in [2.05, 4.69) is 4.98 Å². The summed E-state index contributed by atoms with van der Waals surface area (Å²) in [6.45, 7) is 1.75. The van der Waals surface area contributed by atoms with Crippen LogP contribution in [0, 0.1) is 6.92 Å². The molecule has 1 aromatic heterocycles. The number of pyridine rings is 1. The lowest BCUT2D eigenvalue weighted by Gasteiger charge is -2.11. The van der Waals surface area contributed by atoms with Gasteiger partial charge >= 0.3 is 0 Å². The summed E-state index contributed by atoms with van der Waals surface area (Å²) in [6.07, 6.45) is 0. The number of carbonyl (C=O) groups is 1. The molecule has 122 valence electrons. The van der Waals surface area contributed by atoms with Crippen LogP contribution in [0.4, 0.5) is 0 Å². The average molecular weight is 324 g/mol. The molecule has 6 nitrogen and oxygen atoms in total. The minimum atomic E-state index is -0.779. The number of ether oxygens (including phenoxy) is 2. The van der Waals surface area contributed by atoms with E-state index in [0.29, 0.717) is 22.6 Å². The van der Waals surface area contributed by atoms with Gasteiger partial charge in [0.1, 0.15) is 17.2 Å². The summed E-state index contributed by atoms with van der Waals surface area (Å²) < 4.78 is 10.9. The number of benzene rings is 2. The Hall–Kier alpha value is -3.28. The quantitative estimate of drug-likeness (QED) is 0.769. The smallest absolute Gasteiger partial charge is 0.271 e. The van der Waals surface area contributed by atoms with Gasteiger partial charge in [-0.15, -0.1) is 0 Å². The molecule has 3 aromatic rings. The molecule has 0 radical (unpaired) electrons. The number of amides is 1. The zero-order valence-corrected chi connectivity index (χ0v) is 13.2. The number of aromatic hydroxyl groups is 1. The van der Waals surface area contributed by atoms with Crippen molar-refractivity contribution in [2.45, 2.75) is 6.92 Å². The predicted octanol–water partition coefficient (Wildman–Crippen LogP) is 3.15. The second-order valence-corrected chi connectivity index (χ2v) is 5.24. The van der Waals surface area contributed by atoms with Gasteiger partial charge in [-0.25, -0.2) is 4.98 Å². The number of nitrogens with zero attached hydrogens (tertiary/aromatic N) is 1. The fraction of sp³-hybridized carbons (Fsp3) is 0.111. The Morgan fingerprint density at radius 2 is 1.67 bits per heavy atom. The molecular formula is C18H16N2O4. The molecule has 1 amide bonds. The number of hydrogen-bond acceptors (Lipinski definition) is 5. The molecule has 0 aliphatic carbocycles. The van der Waals surface area contributed by atoms with Crippen molar-refractivity contribution in [1.29, 1.82) is 0 Å². The zero-order chi connectivity index (χ0) is 17.3. The number of aryl methyl sites for hydroxylation is 1. The van der Waals surface area contributed by atoms with Crippen molar-refractivity contribution in [2.24, 2.45) is 5.73 Å². The van der Waals surface area contributed by atoms with Crippen LogP contribution in [0.3, 0.4) is 0 Å². The van der Waals surface area contributed by atoms with Gasteiger partial charge in [-0.1, -0.05) is 0 Å². The lowest BCUT2D eigenvalue weighted by molar-refractivity contribution is 0.0993. The number of hydrogen-bond donors (Lipinski definition) is 2. The molecule has 0 fully saturated rings. The summed E-state index contributed by atoms with van der Waals surface area (Å²) in [5.74, 6) is 0.841. The summed E-state index contributed by atoms with van der Waals surface area (Å²) in [7, 11) is 1.59. The van der Waals surface area contributed by atoms with Gasteiger partial charge in [0.05, 0.1) is 7.11 Å². The fourth-order valence-electron chi connectivity index (χ4n) is 2.46. The highest BCUT2D eigenvalue weighted by Crippen LogP contribution is 2.33. The van der Waals surface area contributed by atoms with Gasteiger partial charge in [-0.3, -0.25) is 4.79 Å². The van der Waals surface area contributed by atoms with Gasteiger partial charge in [0.2, 0.25) is 0 Å². The summed E-state index contributed by atoms with van der Waals surface area (Å²) in [4.78, 5) is 15.5. The van der Waals surface area contributed by atoms with Crippen LogP contribution in [-0.2, 0) is 0 Å². The largest absolute Gasteiger partial charge is 0.505 e. The minimum absolute atomic E-state index is 0.151. The molecule has 6 heteroatoms. The number of rotatable bonds is 4. The van der Waals surface area contributed by atoms with Crippen molar-refractivity contribution in [3.63, 3.8) is 0 Å². The van der Waals surface area contributed by atoms with Gasteiger partial charge < -0.3 is 20.3 Å². The maximum atomic E-state index is 11.4. The number of nitrogens with two attached hydrogens (primary N) is 1. The Balaban J connectivity index is 2.03. The fourth-order valence-corrected chi connectivity index (χ4v) is 2.46. The van der Waals surface area contributed by atoms with Crippen molar-refractivity contribution in [3.8, 4) is 23.0 Å². The molecule has 0 bridgehead atoms. The van der Waals surface area contributed by atoms with Crippen molar-refractivity contribution < 1.29 is 19.4 Å². The number of primary amides is 1. The Labute approximate surface area is 138 Å². The Bertz CT molecular complexity index is 920. The molecule has 3 rings (SSSR count). The topological polar surface area (TPSA) is 94.7 Å². The van der Waals surface area contributed by atoms with Gasteiger partial charge in [0.25, 0.3) is 5.91 Å². The highest BCUT2D eigenvalue weighted by molar-refractivity contribution is 6.02. The summed E-state index contributed by atoms with van der Waals surface area (Å²) in [5, 5.41) is 11.5. The molecule has 1 heterocycles. The van der Waals surface area contributed by atoms with E-state index in [9.17, 15) is 9.90 Å². The van der Waals surface area contributed by atoms with Crippen molar-refractivity contribution in [3.05, 3.63) is 53.9 Å². The first-order valence-electron chi connectivity index (χ1n) is 7.24. The first-order chi connectivity index (χ1) is 11.5. The molecule has 0 saturated carbocycles. The monoisotopic (exact) mass is 324 g/mol. The lowest BCUT2D eigenvalue weighted by Crippen LogP contribution is -2.14. The third-order valence-electron chi connectivity index (χ3n) is 3.67. The third kappa shape index (κ3) is 2.81. The van der Waals surface area contributed by atoms with Crippen LogP contribution in [0.15, 0.2) is 42.5 Å². The van der Waals surface area contributed by atoms with Crippen molar-refractivity contribution in [2.75, 3.05) is 7.11 Å². The van der Waals surface area contributed by atoms with Crippen molar-refractivity contribution >= 4 is 16.7 Å². The van der Waals surface area contributed by atoms with Crippen LogP contribution in [0.5, 0.6) is 23.0 Å². The molecule has 2 aromatic carbocycles. The van der Waals surface area contributed by atoms with Gasteiger partial charge in [-0.05, 0) is 49.4 Å². The number of carbonyl (C=O) groups excluding carboxylic acids is 1. The Morgan fingerprint density at radius 1 is 1.04 bits per heavy atom. The van der Waals surface area contributed by atoms with E-state index in [0.717, 1.165) is 11.1 Å². The number of methoxy groups -OCH3 is 1. The first kappa shape index (κ1) is 15.6. The summed E-state index contributed by atoms with van der Waals surface area (Å²) in [5.41, 5.74) is 5.71. The summed E-state index contributed by atoms with van der Waals surface area (Å²) >= 11 is 0. The normalized spacial score (nSPS) is 10.6. The van der Waals surface area contributed by atoms with Crippen LogP contribution in [-0.4, -0.2) is 23.1 Å².